The molecular weight excluding hydrogens is 390 g/mol. The first-order chi connectivity index (χ1) is 15.1. The van der Waals surface area contributed by atoms with Crippen molar-refractivity contribution in [3.8, 4) is 0 Å². The molecule has 0 spiro atoms. The highest BCUT2D eigenvalue weighted by Crippen LogP contribution is 2.10. The van der Waals surface area contributed by atoms with Crippen molar-refractivity contribution in [2.24, 2.45) is 0 Å². The molecule has 9 heteroatoms. The van der Waals surface area contributed by atoms with E-state index in [0.717, 1.165) is 34.6 Å². The molecule has 4 heterocycles. The standard InChI is InChI=1S/C22H25N9/c1-18(2)11-29(14-21-16-30(27-25-21)12-19-5-3-7-23-9-19)15-22-17-31(28-26-22)13-20-6-4-8-24-10-20/h3-10,16-17H,1,11-15H2,2H3. The summed E-state index contributed by atoms with van der Waals surface area (Å²) >= 11 is 0. The van der Waals surface area contributed by atoms with Gasteiger partial charge in [-0.2, -0.15) is 0 Å². The van der Waals surface area contributed by atoms with Gasteiger partial charge in [0.25, 0.3) is 0 Å². The van der Waals surface area contributed by atoms with Crippen LogP contribution in [0.1, 0.15) is 29.4 Å². The van der Waals surface area contributed by atoms with E-state index < -0.39 is 0 Å². The molecule has 0 atom stereocenters. The first kappa shape index (κ1) is 20.5. The van der Waals surface area contributed by atoms with Crippen LogP contribution in [0.2, 0.25) is 0 Å². The van der Waals surface area contributed by atoms with Gasteiger partial charge >= 0.3 is 0 Å². The van der Waals surface area contributed by atoms with Gasteiger partial charge in [-0.05, 0) is 30.2 Å². The molecule has 0 bridgehead atoms. The number of hydrogen-bond donors (Lipinski definition) is 0. The second-order valence-electron chi connectivity index (χ2n) is 7.64. The van der Waals surface area contributed by atoms with Crippen LogP contribution < -0.4 is 0 Å². The van der Waals surface area contributed by atoms with Gasteiger partial charge in [-0.1, -0.05) is 34.7 Å². The highest BCUT2D eigenvalue weighted by atomic mass is 15.4. The lowest BCUT2D eigenvalue weighted by molar-refractivity contribution is 0.273. The molecular formula is C22H25N9. The lowest BCUT2D eigenvalue weighted by Crippen LogP contribution is -2.25. The number of aromatic nitrogens is 8. The summed E-state index contributed by atoms with van der Waals surface area (Å²) in [6.45, 7) is 9.40. The van der Waals surface area contributed by atoms with Gasteiger partial charge in [0.05, 0.1) is 36.9 Å². The van der Waals surface area contributed by atoms with Crippen molar-refractivity contribution in [2.45, 2.75) is 33.1 Å². The van der Waals surface area contributed by atoms with Crippen molar-refractivity contribution in [3.63, 3.8) is 0 Å². The lowest BCUT2D eigenvalue weighted by atomic mass is 10.2. The van der Waals surface area contributed by atoms with Crippen LogP contribution in [-0.2, 0) is 26.2 Å². The molecule has 158 valence electrons. The van der Waals surface area contributed by atoms with E-state index in [1.54, 1.807) is 12.4 Å². The summed E-state index contributed by atoms with van der Waals surface area (Å²) in [5, 5.41) is 17.2. The maximum atomic E-state index is 4.34. The molecule has 0 unspecified atom stereocenters. The van der Waals surface area contributed by atoms with Crippen LogP contribution >= 0.6 is 0 Å². The average Bonchev–Trinajstić information content (AvgIpc) is 3.38. The van der Waals surface area contributed by atoms with Crippen molar-refractivity contribution in [2.75, 3.05) is 6.54 Å². The zero-order valence-corrected chi connectivity index (χ0v) is 17.5. The summed E-state index contributed by atoms with van der Waals surface area (Å²) in [6.07, 6.45) is 11.1. The molecule has 4 aromatic heterocycles. The van der Waals surface area contributed by atoms with Crippen LogP contribution in [0.3, 0.4) is 0 Å². The third kappa shape index (κ3) is 6.13. The normalized spacial score (nSPS) is 11.2. The molecule has 0 saturated carbocycles. The molecule has 0 radical (unpaired) electrons. The van der Waals surface area contributed by atoms with Gasteiger partial charge in [0, 0.05) is 44.4 Å². The minimum atomic E-state index is 0.643. The first-order valence-electron chi connectivity index (χ1n) is 10.1. The highest BCUT2D eigenvalue weighted by Gasteiger charge is 2.13. The van der Waals surface area contributed by atoms with Crippen LogP contribution in [-0.4, -0.2) is 51.4 Å². The van der Waals surface area contributed by atoms with Gasteiger partial charge in [0.2, 0.25) is 0 Å². The zero-order valence-electron chi connectivity index (χ0n) is 17.5. The number of rotatable bonds is 10. The van der Waals surface area contributed by atoms with E-state index in [0.29, 0.717) is 26.2 Å². The minimum Gasteiger partial charge on any atom is -0.288 e. The lowest BCUT2D eigenvalue weighted by Gasteiger charge is -2.19. The van der Waals surface area contributed by atoms with Crippen LogP contribution in [0.25, 0.3) is 0 Å². The first-order valence-corrected chi connectivity index (χ1v) is 10.1. The third-order valence-corrected chi connectivity index (χ3v) is 4.57. The maximum Gasteiger partial charge on any atom is 0.0967 e. The van der Waals surface area contributed by atoms with Crippen LogP contribution in [0.4, 0.5) is 0 Å². The van der Waals surface area contributed by atoms with E-state index in [1.807, 2.05) is 65.3 Å². The SMILES string of the molecule is C=C(C)CN(Cc1cn(Cc2cccnc2)nn1)Cc1cn(Cc2cccnc2)nn1. The van der Waals surface area contributed by atoms with Crippen LogP contribution in [0.5, 0.6) is 0 Å². The van der Waals surface area contributed by atoms with E-state index in [1.165, 1.54) is 0 Å². The topological polar surface area (TPSA) is 90.4 Å². The summed E-state index contributed by atoms with van der Waals surface area (Å²) in [4.78, 5) is 10.5. The fourth-order valence-electron chi connectivity index (χ4n) is 3.34. The molecule has 0 aliphatic carbocycles. The van der Waals surface area contributed by atoms with E-state index in [2.05, 4.69) is 42.1 Å². The molecule has 9 nitrogen and oxygen atoms in total. The van der Waals surface area contributed by atoms with Crippen molar-refractivity contribution >= 4 is 0 Å². The smallest absolute Gasteiger partial charge is 0.0967 e. The summed E-state index contributed by atoms with van der Waals surface area (Å²) in [5.41, 5.74) is 5.04. The molecule has 31 heavy (non-hydrogen) atoms. The predicted octanol–water partition coefficient (Wildman–Crippen LogP) is 2.33. The zero-order chi connectivity index (χ0) is 21.5. The van der Waals surface area contributed by atoms with E-state index in [9.17, 15) is 0 Å². The molecule has 0 saturated heterocycles. The minimum absolute atomic E-state index is 0.643. The molecule has 0 N–H and O–H groups in total. The fourth-order valence-corrected chi connectivity index (χ4v) is 3.34. The van der Waals surface area contributed by atoms with Gasteiger partial charge in [-0.3, -0.25) is 14.9 Å². The highest BCUT2D eigenvalue weighted by molar-refractivity contribution is 5.10. The van der Waals surface area contributed by atoms with Crippen LogP contribution in [0.15, 0.2) is 73.6 Å². The number of pyridine rings is 2. The maximum absolute atomic E-state index is 4.34. The third-order valence-electron chi connectivity index (χ3n) is 4.57. The van der Waals surface area contributed by atoms with Gasteiger partial charge in [-0.25, -0.2) is 9.36 Å². The molecule has 0 aliphatic heterocycles. The molecule has 0 fully saturated rings. The summed E-state index contributed by atoms with van der Waals surface area (Å²) in [6, 6.07) is 7.89. The van der Waals surface area contributed by atoms with Crippen molar-refractivity contribution in [1.82, 2.24) is 44.9 Å². The molecule has 0 amide bonds. The van der Waals surface area contributed by atoms with E-state index in [4.69, 9.17) is 0 Å². The predicted molar refractivity (Wildman–Crippen MR) is 116 cm³/mol. The molecule has 4 aromatic rings. The Bertz CT molecular complexity index is 1020. The van der Waals surface area contributed by atoms with Crippen LogP contribution in [0, 0.1) is 0 Å². The molecule has 4 rings (SSSR count). The second kappa shape index (κ2) is 9.86. The number of nitrogens with zero attached hydrogens (tertiary/aromatic N) is 9. The Labute approximate surface area is 181 Å². The van der Waals surface area contributed by atoms with Gasteiger partial charge < -0.3 is 0 Å². The second-order valence-corrected chi connectivity index (χ2v) is 7.64. The van der Waals surface area contributed by atoms with Crippen molar-refractivity contribution in [3.05, 3.63) is 96.1 Å². The summed E-state index contributed by atoms with van der Waals surface area (Å²) < 4.78 is 3.66. The summed E-state index contributed by atoms with van der Waals surface area (Å²) in [5.74, 6) is 0. The molecule has 0 aliphatic rings. The monoisotopic (exact) mass is 415 g/mol. The molecule has 0 aromatic carbocycles. The Morgan fingerprint density at radius 1 is 0.871 bits per heavy atom. The Morgan fingerprint density at radius 2 is 1.39 bits per heavy atom. The quantitative estimate of drug-likeness (QED) is 0.367. The van der Waals surface area contributed by atoms with Gasteiger partial charge in [-0.15, -0.1) is 10.2 Å². The van der Waals surface area contributed by atoms with Gasteiger partial charge in [0.15, 0.2) is 0 Å². The van der Waals surface area contributed by atoms with Gasteiger partial charge in [0.1, 0.15) is 0 Å². The van der Waals surface area contributed by atoms with Crippen molar-refractivity contribution in [1.29, 1.82) is 0 Å². The fraction of sp³-hybridized carbons (Fsp3) is 0.273. The largest absolute Gasteiger partial charge is 0.288 e. The Kier molecular flexibility index (Phi) is 6.53. The number of hydrogen-bond acceptors (Lipinski definition) is 7. The average molecular weight is 416 g/mol. The Balaban J connectivity index is 1.39. The van der Waals surface area contributed by atoms with E-state index >= 15 is 0 Å². The Hall–Kier alpha value is -3.72. The van der Waals surface area contributed by atoms with E-state index in [-0.39, 0.29) is 0 Å². The van der Waals surface area contributed by atoms with Crippen molar-refractivity contribution < 1.29 is 0 Å². The Morgan fingerprint density at radius 3 is 1.81 bits per heavy atom. The summed E-state index contributed by atoms with van der Waals surface area (Å²) in [7, 11) is 0.